The Morgan fingerprint density at radius 2 is 2.35 bits per heavy atom. The van der Waals surface area contributed by atoms with Crippen LogP contribution in [0.25, 0.3) is 0 Å². The summed E-state index contributed by atoms with van der Waals surface area (Å²) in [5.41, 5.74) is 0. The standard InChI is InChI=1S/C12H21N5/c1-2-13-10-3-4-11(7-10)16-5-6-17-9-14-15-12(17)8-16/h9-11,13H,2-8H2,1H3. The molecule has 3 rings (SSSR count). The number of rotatable bonds is 3. The molecule has 2 atom stereocenters. The zero-order chi connectivity index (χ0) is 11.7. The van der Waals surface area contributed by atoms with Gasteiger partial charge in [0.25, 0.3) is 0 Å². The SMILES string of the molecule is CCNC1CCC(N2CCn3cnnc3C2)C1. The quantitative estimate of drug-likeness (QED) is 0.834. The lowest BCUT2D eigenvalue weighted by atomic mass is 10.2. The summed E-state index contributed by atoms with van der Waals surface area (Å²) in [6.45, 7) is 6.45. The fourth-order valence-electron chi connectivity index (χ4n) is 3.16. The van der Waals surface area contributed by atoms with Crippen LogP contribution in [0.2, 0.25) is 0 Å². The normalized spacial score (nSPS) is 29.5. The van der Waals surface area contributed by atoms with Crippen molar-refractivity contribution in [2.45, 2.75) is 51.4 Å². The predicted molar refractivity (Wildman–Crippen MR) is 65.5 cm³/mol. The van der Waals surface area contributed by atoms with Crippen LogP contribution in [0.4, 0.5) is 0 Å². The van der Waals surface area contributed by atoms with Crippen LogP contribution in [0.5, 0.6) is 0 Å². The molecule has 1 fully saturated rings. The Kier molecular flexibility index (Phi) is 3.11. The molecule has 1 N–H and O–H groups in total. The van der Waals surface area contributed by atoms with E-state index in [0.717, 1.165) is 44.1 Å². The van der Waals surface area contributed by atoms with Crippen LogP contribution in [0.15, 0.2) is 6.33 Å². The van der Waals surface area contributed by atoms with Crippen LogP contribution in [0.1, 0.15) is 32.0 Å². The van der Waals surface area contributed by atoms with Crippen LogP contribution >= 0.6 is 0 Å². The van der Waals surface area contributed by atoms with Crippen molar-refractivity contribution in [1.82, 2.24) is 25.0 Å². The molecule has 1 saturated carbocycles. The third kappa shape index (κ3) is 2.21. The molecular formula is C12H21N5. The van der Waals surface area contributed by atoms with Crippen molar-refractivity contribution in [3.8, 4) is 0 Å². The molecule has 0 aromatic carbocycles. The van der Waals surface area contributed by atoms with Crippen molar-refractivity contribution in [2.24, 2.45) is 0 Å². The highest BCUT2D eigenvalue weighted by Crippen LogP contribution is 2.26. The van der Waals surface area contributed by atoms with E-state index in [9.17, 15) is 0 Å². The van der Waals surface area contributed by atoms with Crippen LogP contribution in [-0.2, 0) is 13.1 Å². The van der Waals surface area contributed by atoms with Crippen molar-refractivity contribution in [3.63, 3.8) is 0 Å². The van der Waals surface area contributed by atoms with E-state index in [2.05, 4.69) is 31.9 Å². The fraction of sp³-hybridized carbons (Fsp3) is 0.833. The maximum Gasteiger partial charge on any atom is 0.147 e. The Labute approximate surface area is 102 Å². The molecule has 0 radical (unpaired) electrons. The van der Waals surface area contributed by atoms with Gasteiger partial charge in [0.1, 0.15) is 12.2 Å². The topological polar surface area (TPSA) is 46.0 Å². The average Bonchev–Trinajstić information content (AvgIpc) is 2.96. The van der Waals surface area contributed by atoms with Gasteiger partial charge in [-0.05, 0) is 25.8 Å². The Hall–Kier alpha value is -0.940. The van der Waals surface area contributed by atoms with E-state index in [-0.39, 0.29) is 0 Å². The molecule has 2 unspecified atom stereocenters. The monoisotopic (exact) mass is 235 g/mol. The molecule has 1 aromatic rings. The molecule has 2 aliphatic rings. The van der Waals surface area contributed by atoms with Crippen molar-refractivity contribution < 1.29 is 0 Å². The molecule has 1 aromatic heterocycles. The maximum atomic E-state index is 4.19. The molecule has 0 amide bonds. The smallest absolute Gasteiger partial charge is 0.147 e. The van der Waals surface area contributed by atoms with Gasteiger partial charge in [-0.15, -0.1) is 10.2 Å². The summed E-state index contributed by atoms with van der Waals surface area (Å²) in [6.07, 6.45) is 5.79. The minimum Gasteiger partial charge on any atom is -0.315 e. The summed E-state index contributed by atoms with van der Waals surface area (Å²) in [5.74, 6) is 1.13. The molecule has 1 aliphatic heterocycles. The zero-order valence-corrected chi connectivity index (χ0v) is 10.5. The second-order valence-electron chi connectivity index (χ2n) is 5.13. The lowest BCUT2D eigenvalue weighted by molar-refractivity contribution is 0.152. The van der Waals surface area contributed by atoms with Gasteiger partial charge in [-0.3, -0.25) is 4.90 Å². The molecule has 94 valence electrons. The molecule has 0 bridgehead atoms. The summed E-state index contributed by atoms with van der Waals surface area (Å²) in [4.78, 5) is 2.58. The Morgan fingerprint density at radius 3 is 3.24 bits per heavy atom. The molecule has 1 aliphatic carbocycles. The van der Waals surface area contributed by atoms with E-state index in [1.807, 2.05) is 6.33 Å². The maximum absolute atomic E-state index is 4.19. The third-order valence-corrected chi connectivity index (χ3v) is 4.08. The van der Waals surface area contributed by atoms with E-state index >= 15 is 0 Å². The third-order valence-electron chi connectivity index (χ3n) is 4.08. The van der Waals surface area contributed by atoms with E-state index in [4.69, 9.17) is 0 Å². The summed E-state index contributed by atoms with van der Waals surface area (Å²) in [6, 6.07) is 1.47. The first-order chi connectivity index (χ1) is 8.36. The number of fused-ring (bicyclic) bond motifs is 1. The predicted octanol–water partition coefficient (Wildman–Crippen LogP) is 0.624. The highest BCUT2D eigenvalue weighted by atomic mass is 15.3. The lowest BCUT2D eigenvalue weighted by Gasteiger charge is -2.32. The fourth-order valence-corrected chi connectivity index (χ4v) is 3.16. The highest BCUT2D eigenvalue weighted by molar-refractivity contribution is 4.94. The van der Waals surface area contributed by atoms with Crippen LogP contribution in [-0.4, -0.2) is 44.8 Å². The van der Waals surface area contributed by atoms with Crippen LogP contribution < -0.4 is 5.32 Å². The second-order valence-corrected chi connectivity index (χ2v) is 5.13. The minimum atomic E-state index is 0.727. The van der Waals surface area contributed by atoms with Gasteiger partial charge in [0, 0.05) is 25.2 Å². The van der Waals surface area contributed by atoms with Gasteiger partial charge in [0.15, 0.2) is 0 Å². The van der Waals surface area contributed by atoms with Gasteiger partial charge in [0.05, 0.1) is 6.54 Å². The Balaban J connectivity index is 1.60. The number of hydrogen-bond acceptors (Lipinski definition) is 4. The van der Waals surface area contributed by atoms with Gasteiger partial charge in [-0.2, -0.15) is 0 Å². The highest BCUT2D eigenvalue weighted by Gasteiger charge is 2.31. The van der Waals surface area contributed by atoms with Crippen molar-refractivity contribution >= 4 is 0 Å². The van der Waals surface area contributed by atoms with E-state index in [0.29, 0.717) is 0 Å². The van der Waals surface area contributed by atoms with Gasteiger partial charge < -0.3 is 9.88 Å². The molecule has 0 saturated heterocycles. The van der Waals surface area contributed by atoms with Gasteiger partial charge in [-0.1, -0.05) is 6.92 Å². The van der Waals surface area contributed by atoms with E-state index < -0.39 is 0 Å². The first-order valence-electron chi connectivity index (χ1n) is 6.71. The minimum absolute atomic E-state index is 0.727. The van der Waals surface area contributed by atoms with Crippen LogP contribution in [0, 0.1) is 0 Å². The van der Waals surface area contributed by atoms with Crippen molar-refractivity contribution in [3.05, 3.63) is 12.2 Å². The first kappa shape index (κ1) is 11.2. The summed E-state index contributed by atoms with van der Waals surface area (Å²) >= 11 is 0. The molecule has 2 heterocycles. The second kappa shape index (κ2) is 4.74. The zero-order valence-electron chi connectivity index (χ0n) is 10.5. The Morgan fingerprint density at radius 1 is 1.41 bits per heavy atom. The first-order valence-corrected chi connectivity index (χ1v) is 6.71. The number of nitrogens with one attached hydrogen (secondary N) is 1. The van der Waals surface area contributed by atoms with Crippen LogP contribution in [0.3, 0.4) is 0 Å². The summed E-state index contributed by atoms with van der Waals surface area (Å²) in [5, 5.41) is 11.7. The lowest BCUT2D eigenvalue weighted by Crippen LogP contribution is -2.41. The van der Waals surface area contributed by atoms with Gasteiger partial charge in [0.2, 0.25) is 0 Å². The largest absolute Gasteiger partial charge is 0.315 e. The van der Waals surface area contributed by atoms with Crippen molar-refractivity contribution in [2.75, 3.05) is 13.1 Å². The molecule has 0 spiro atoms. The number of hydrogen-bond donors (Lipinski definition) is 1. The van der Waals surface area contributed by atoms with Gasteiger partial charge in [-0.25, -0.2) is 0 Å². The average molecular weight is 235 g/mol. The molecule has 5 nitrogen and oxygen atoms in total. The summed E-state index contributed by atoms with van der Waals surface area (Å²) < 4.78 is 2.17. The molecule has 17 heavy (non-hydrogen) atoms. The Bertz CT molecular complexity index is 375. The number of nitrogens with zero attached hydrogens (tertiary/aromatic N) is 4. The van der Waals surface area contributed by atoms with E-state index in [1.165, 1.54) is 19.3 Å². The molecular weight excluding hydrogens is 214 g/mol. The van der Waals surface area contributed by atoms with Gasteiger partial charge >= 0.3 is 0 Å². The van der Waals surface area contributed by atoms with E-state index in [1.54, 1.807) is 0 Å². The summed E-state index contributed by atoms with van der Waals surface area (Å²) in [7, 11) is 0. The van der Waals surface area contributed by atoms with Crippen molar-refractivity contribution in [1.29, 1.82) is 0 Å². The molecule has 5 heteroatoms. The number of aromatic nitrogens is 3.